The molecule has 9 heteroatoms. The summed E-state index contributed by atoms with van der Waals surface area (Å²) >= 11 is 0. The van der Waals surface area contributed by atoms with Crippen molar-refractivity contribution in [3.05, 3.63) is 167 Å². The van der Waals surface area contributed by atoms with Crippen molar-refractivity contribution < 1.29 is 36.6 Å². The first-order chi connectivity index (χ1) is 22.7. The van der Waals surface area contributed by atoms with Gasteiger partial charge in [-0.15, -0.1) is 0 Å². The SMILES string of the molecule is O=C1c2ccccc2C(=O)C1(CC(Oc1ccc(F)cc1)c1cccc(F)c1)NCCC(Oc1ccc(F)cc1)c1cccc(F)c1. The smallest absolute Gasteiger partial charge is 0.191 e. The molecular formula is C38H29F4NO4. The molecule has 1 N–H and O–H groups in total. The lowest BCUT2D eigenvalue weighted by Crippen LogP contribution is -2.56. The normalized spacial score (nSPS) is 14.8. The summed E-state index contributed by atoms with van der Waals surface area (Å²) in [6.07, 6.45) is -1.82. The fourth-order valence-electron chi connectivity index (χ4n) is 5.84. The molecule has 0 saturated carbocycles. The summed E-state index contributed by atoms with van der Waals surface area (Å²) in [5.41, 5.74) is -0.509. The second kappa shape index (κ2) is 13.6. The minimum Gasteiger partial charge on any atom is -0.486 e. The molecule has 0 radical (unpaired) electrons. The molecule has 2 atom stereocenters. The van der Waals surface area contributed by atoms with Crippen LogP contribution in [0.5, 0.6) is 11.5 Å². The van der Waals surface area contributed by atoms with Crippen molar-refractivity contribution in [1.82, 2.24) is 5.32 Å². The van der Waals surface area contributed by atoms with E-state index in [1.165, 1.54) is 84.9 Å². The van der Waals surface area contributed by atoms with Gasteiger partial charge in [-0.05, 0) is 83.9 Å². The third-order valence-corrected chi connectivity index (χ3v) is 8.14. The summed E-state index contributed by atoms with van der Waals surface area (Å²) < 4.78 is 68.4. The van der Waals surface area contributed by atoms with Crippen LogP contribution in [0.1, 0.15) is 56.9 Å². The highest BCUT2D eigenvalue weighted by Gasteiger charge is 2.54. The number of carbonyl (C=O) groups is 2. The van der Waals surface area contributed by atoms with Crippen molar-refractivity contribution in [2.24, 2.45) is 0 Å². The Hall–Kier alpha value is -5.28. The molecule has 0 bridgehead atoms. The maximum absolute atomic E-state index is 14.5. The molecule has 2 unspecified atom stereocenters. The Morgan fingerprint density at radius 3 is 1.51 bits per heavy atom. The van der Waals surface area contributed by atoms with E-state index in [4.69, 9.17) is 9.47 Å². The zero-order valence-corrected chi connectivity index (χ0v) is 25.0. The van der Waals surface area contributed by atoms with Crippen LogP contribution < -0.4 is 14.8 Å². The van der Waals surface area contributed by atoms with Crippen molar-refractivity contribution in [3.63, 3.8) is 0 Å². The summed E-state index contributed by atoms with van der Waals surface area (Å²) in [5.74, 6) is -2.32. The van der Waals surface area contributed by atoms with Gasteiger partial charge in [-0.1, -0.05) is 48.5 Å². The van der Waals surface area contributed by atoms with Gasteiger partial charge in [-0.25, -0.2) is 17.6 Å². The zero-order valence-electron chi connectivity index (χ0n) is 25.0. The van der Waals surface area contributed by atoms with Crippen LogP contribution in [0.3, 0.4) is 0 Å². The minimum absolute atomic E-state index is 0.0419. The number of ether oxygens (including phenoxy) is 2. The molecule has 0 fully saturated rings. The highest BCUT2D eigenvalue weighted by atomic mass is 19.1. The minimum atomic E-state index is -1.83. The first-order valence-electron chi connectivity index (χ1n) is 15.0. The number of nitrogens with one attached hydrogen (secondary N) is 1. The van der Waals surface area contributed by atoms with E-state index in [1.807, 2.05) is 0 Å². The number of Topliss-reactive ketones (excluding diaryl/α,β-unsaturated/α-hetero) is 2. The van der Waals surface area contributed by atoms with Crippen LogP contribution in [0.4, 0.5) is 17.6 Å². The molecule has 0 aliphatic heterocycles. The van der Waals surface area contributed by atoms with Crippen LogP contribution in [-0.4, -0.2) is 23.7 Å². The first-order valence-corrected chi connectivity index (χ1v) is 15.0. The van der Waals surface area contributed by atoms with Gasteiger partial charge in [0.15, 0.2) is 11.6 Å². The van der Waals surface area contributed by atoms with E-state index in [9.17, 15) is 27.2 Å². The van der Waals surface area contributed by atoms with Crippen molar-refractivity contribution in [3.8, 4) is 11.5 Å². The molecule has 0 amide bonds. The average molecular weight is 640 g/mol. The van der Waals surface area contributed by atoms with E-state index in [2.05, 4.69) is 5.32 Å². The molecule has 6 rings (SSSR count). The Labute approximate surface area is 268 Å². The Morgan fingerprint density at radius 1 is 0.553 bits per heavy atom. The zero-order chi connectivity index (χ0) is 33.0. The Balaban J connectivity index is 1.34. The second-order valence-corrected chi connectivity index (χ2v) is 11.3. The monoisotopic (exact) mass is 639 g/mol. The predicted octanol–water partition coefficient (Wildman–Crippen LogP) is 8.37. The summed E-state index contributed by atoms with van der Waals surface area (Å²) in [7, 11) is 0. The summed E-state index contributed by atoms with van der Waals surface area (Å²) in [6.45, 7) is 0.0419. The Kier molecular flexibility index (Phi) is 9.17. The first kappa shape index (κ1) is 31.7. The summed E-state index contributed by atoms with van der Waals surface area (Å²) in [6, 6.07) is 28.6. The molecule has 5 aromatic carbocycles. The standard InChI is InChI=1S/C38H29F4NO4/c39-26-11-15-30(16-12-26)46-34(24-5-3-7-28(41)21-24)19-20-43-38(36(44)32-9-1-2-10-33(32)37(38)45)23-35(25-6-4-8-29(42)22-25)47-31-17-13-27(40)14-18-31/h1-18,21-22,34-35,43H,19-20,23H2. The number of halogens is 4. The van der Waals surface area contributed by atoms with Gasteiger partial charge >= 0.3 is 0 Å². The number of benzene rings is 5. The average Bonchev–Trinajstić information content (AvgIpc) is 3.27. The largest absolute Gasteiger partial charge is 0.486 e. The molecule has 5 nitrogen and oxygen atoms in total. The van der Waals surface area contributed by atoms with Crippen molar-refractivity contribution >= 4 is 11.6 Å². The number of hydrogen-bond acceptors (Lipinski definition) is 5. The van der Waals surface area contributed by atoms with Gasteiger partial charge in [0, 0.05) is 30.5 Å². The quantitative estimate of drug-likeness (QED) is 0.110. The van der Waals surface area contributed by atoms with E-state index in [-0.39, 0.29) is 36.3 Å². The van der Waals surface area contributed by atoms with Crippen LogP contribution in [0.25, 0.3) is 0 Å². The maximum Gasteiger partial charge on any atom is 0.191 e. The van der Waals surface area contributed by atoms with Gasteiger partial charge < -0.3 is 9.47 Å². The van der Waals surface area contributed by atoms with Gasteiger partial charge in [-0.2, -0.15) is 0 Å². The van der Waals surface area contributed by atoms with E-state index in [0.29, 0.717) is 16.9 Å². The van der Waals surface area contributed by atoms with Crippen LogP contribution in [0.15, 0.2) is 121 Å². The third kappa shape index (κ3) is 6.95. The van der Waals surface area contributed by atoms with E-state index < -0.39 is 52.6 Å². The predicted molar refractivity (Wildman–Crippen MR) is 167 cm³/mol. The molecule has 1 aliphatic rings. The molecule has 0 spiro atoms. The molecular weight excluding hydrogens is 610 g/mol. The lowest BCUT2D eigenvalue weighted by molar-refractivity contribution is 0.0654. The molecule has 0 aromatic heterocycles. The van der Waals surface area contributed by atoms with E-state index in [0.717, 1.165) is 0 Å². The van der Waals surface area contributed by atoms with Crippen LogP contribution in [0, 0.1) is 23.3 Å². The maximum atomic E-state index is 14.5. The van der Waals surface area contributed by atoms with Gasteiger partial charge in [0.25, 0.3) is 0 Å². The molecule has 0 saturated heterocycles. The number of fused-ring (bicyclic) bond motifs is 1. The van der Waals surface area contributed by atoms with Crippen LogP contribution >= 0.6 is 0 Å². The highest BCUT2D eigenvalue weighted by molar-refractivity contribution is 6.32. The number of carbonyl (C=O) groups excluding carboxylic acids is 2. The summed E-state index contributed by atoms with van der Waals surface area (Å²) in [4.78, 5) is 28.4. The fraction of sp³-hybridized carbons (Fsp3) is 0.158. The van der Waals surface area contributed by atoms with Crippen molar-refractivity contribution in [1.29, 1.82) is 0 Å². The third-order valence-electron chi connectivity index (χ3n) is 8.14. The van der Waals surface area contributed by atoms with Gasteiger partial charge in [-0.3, -0.25) is 14.9 Å². The Bertz CT molecular complexity index is 1860. The van der Waals surface area contributed by atoms with Crippen LogP contribution in [0.2, 0.25) is 0 Å². The van der Waals surface area contributed by atoms with Crippen LogP contribution in [-0.2, 0) is 0 Å². The topological polar surface area (TPSA) is 64.6 Å². The van der Waals surface area contributed by atoms with E-state index in [1.54, 1.807) is 36.4 Å². The Morgan fingerprint density at radius 2 is 1.02 bits per heavy atom. The number of rotatable bonds is 12. The van der Waals surface area contributed by atoms with Gasteiger partial charge in [0.2, 0.25) is 0 Å². The number of ketones is 2. The lowest BCUT2D eigenvalue weighted by Gasteiger charge is -2.32. The molecule has 1 aliphatic carbocycles. The highest BCUT2D eigenvalue weighted by Crippen LogP contribution is 2.39. The summed E-state index contributed by atoms with van der Waals surface area (Å²) in [5, 5.41) is 3.19. The van der Waals surface area contributed by atoms with E-state index >= 15 is 0 Å². The van der Waals surface area contributed by atoms with Gasteiger partial charge in [0.1, 0.15) is 52.5 Å². The van der Waals surface area contributed by atoms with Crippen molar-refractivity contribution in [2.75, 3.05) is 6.54 Å². The number of hydrogen-bond donors (Lipinski definition) is 1. The van der Waals surface area contributed by atoms with Crippen molar-refractivity contribution in [2.45, 2.75) is 30.6 Å². The fourth-order valence-corrected chi connectivity index (χ4v) is 5.84. The van der Waals surface area contributed by atoms with Gasteiger partial charge in [0.05, 0.1) is 0 Å². The molecule has 238 valence electrons. The lowest BCUT2D eigenvalue weighted by atomic mass is 9.84. The second-order valence-electron chi connectivity index (χ2n) is 11.3. The molecule has 47 heavy (non-hydrogen) atoms. The molecule has 5 aromatic rings. The molecule has 0 heterocycles.